The van der Waals surface area contributed by atoms with Crippen LogP contribution in [-0.4, -0.2) is 14.8 Å². The SMILES string of the molecule is Cc1ccccc1[NH3+].O=[N+]([O-])c1cc([N+](=O)[O-])c([O-])c([N+](=O)[O-])c1. The van der Waals surface area contributed by atoms with Crippen molar-refractivity contribution in [1.82, 2.24) is 0 Å². The number of aryl methyl sites for hydroxylation is 1. The zero-order valence-corrected chi connectivity index (χ0v) is 12.4. The number of benzene rings is 2. The summed E-state index contributed by atoms with van der Waals surface area (Å²) in [5, 5.41) is 42.1. The molecule has 0 atom stereocenters. The number of non-ortho nitro benzene ring substituents is 1. The van der Waals surface area contributed by atoms with E-state index in [9.17, 15) is 35.4 Å². The van der Waals surface area contributed by atoms with Crippen molar-refractivity contribution in [3.63, 3.8) is 0 Å². The van der Waals surface area contributed by atoms with Crippen molar-refractivity contribution in [2.45, 2.75) is 6.92 Å². The van der Waals surface area contributed by atoms with Gasteiger partial charge >= 0.3 is 0 Å². The molecule has 2 aromatic carbocycles. The van der Waals surface area contributed by atoms with Crippen molar-refractivity contribution >= 4 is 22.7 Å². The van der Waals surface area contributed by atoms with Crippen LogP contribution in [-0.2, 0) is 0 Å². The highest BCUT2D eigenvalue weighted by Crippen LogP contribution is 2.36. The quantitative estimate of drug-likeness (QED) is 0.648. The lowest BCUT2D eigenvalue weighted by Crippen LogP contribution is -2.40. The van der Waals surface area contributed by atoms with E-state index in [0.29, 0.717) is 12.1 Å². The summed E-state index contributed by atoms with van der Waals surface area (Å²) in [6.07, 6.45) is 0. The fourth-order valence-electron chi connectivity index (χ4n) is 1.57. The van der Waals surface area contributed by atoms with E-state index in [1.807, 2.05) is 18.2 Å². The Kier molecular flexibility index (Phi) is 5.84. The number of quaternary nitrogens is 1. The molecule has 2 rings (SSSR count). The van der Waals surface area contributed by atoms with Crippen LogP contribution >= 0.6 is 0 Å². The molecule has 3 N–H and O–H groups in total. The van der Waals surface area contributed by atoms with Gasteiger partial charge in [-0.05, 0) is 13.0 Å². The number of nitro benzene ring substituents is 3. The molecule has 0 amide bonds. The van der Waals surface area contributed by atoms with Crippen LogP contribution < -0.4 is 10.8 Å². The first kappa shape index (κ1) is 18.4. The molecule has 11 heteroatoms. The summed E-state index contributed by atoms with van der Waals surface area (Å²) in [5.74, 6) is -1.46. The number of nitrogens with zero attached hydrogens (tertiary/aromatic N) is 3. The molecular formula is C13H12N4O7. The summed E-state index contributed by atoms with van der Waals surface area (Å²) in [7, 11) is 0. The second-order valence-corrected chi connectivity index (χ2v) is 4.51. The Labute approximate surface area is 134 Å². The average molecular weight is 336 g/mol. The Morgan fingerprint density at radius 3 is 1.62 bits per heavy atom. The summed E-state index contributed by atoms with van der Waals surface area (Å²) in [4.78, 5) is 27.5. The van der Waals surface area contributed by atoms with Gasteiger partial charge in [0.2, 0.25) is 0 Å². The molecule has 0 bridgehead atoms. The van der Waals surface area contributed by atoms with E-state index >= 15 is 0 Å². The first-order chi connectivity index (χ1) is 11.1. The second-order valence-electron chi connectivity index (χ2n) is 4.51. The average Bonchev–Trinajstić information content (AvgIpc) is 2.50. The minimum atomic E-state index is -1.46. The third-order valence-corrected chi connectivity index (χ3v) is 2.90. The molecule has 0 aliphatic heterocycles. The van der Waals surface area contributed by atoms with Crippen LogP contribution in [0.25, 0.3) is 0 Å². The van der Waals surface area contributed by atoms with E-state index < -0.39 is 37.6 Å². The summed E-state index contributed by atoms with van der Waals surface area (Å²) in [5.41, 5.74) is 2.93. The van der Waals surface area contributed by atoms with Gasteiger partial charge in [0, 0.05) is 5.56 Å². The maximum Gasteiger partial charge on any atom is 0.283 e. The van der Waals surface area contributed by atoms with E-state index in [1.165, 1.54) is 5.56 Å². The third-order valence-electron chi connectivity index (χ3n) is 2.90. The van der Waals surface area contributed by atoms with Crippen LogP contribution in [0.3, 0.4) is 0 Å². The normalized spacial score (nSPS) is 9.58. The van der Waals surface area contributed by atoms with Crippen molar-refractivity contribution in [2.24, 2.45) is 0 Å². The van der Waals surface area contributed by atoms with Gasteiger partial charge in [-0.25, -0.2) is 0 Å². The molecule has 24 heavy (non-hydrogen) atoms. The van der Waals surface area contributed by atoms with Crippen molar-refractivity contribution < 1.29 is 25.6 Å². The monoisotopic (exact) mass is 336 g/mol. The van der Waals surface area contributed by atoms with Gasteiger partial charge in [-0.15, -0.1) is 0 Å². The molecule has 0 unspecified atom stereocenters. The van der Waals surface area contributed by atoms with Gasteiger partial charge in [-0.2, -0.15) is 0 Å². The Morgan fingerprint density at radius 2 is 1.33 bits per heavy atom. The highest BCUT2D eigenvalue weighted by atomic mass is 16.6. The van der Waals surface area contributed by atoms with Gasteiger partial charge in [-0.1, -0.05) is 18.2 Å². The summed E-state index contributed by atoms with van der Waals surface area (Å²) in [6.45, 7) is 2.06. The molecule has 0 aliphatic carbocycles. The van der Waals surface area contributed by atoms with Gasteiger partial charge in [0.15, 0.2) is 0 Å². The van der Waals surface area contributed by atoms with E-state index in [2.05, 4.69) is 18.7 Å². The minimum absolute atomic E-state index is 0.384. The lowest BCUT2D eigenvalue weighted by atomic mass is 10.2. The molecule has 0 heterocycles. The van der Waals surface area contributed by atoms with Gasteiger partial charge in [0.25, 0.3) is 17.1 Å². The van der Waals surface area contributed by atoms with Gasteiger partial charge in [0.05, 0.1) is 32.7 Å². The van der Waals surface area contributed by atoms with Crippen LogP contribution in [0.4, 0.5) is 22.7 Å². The van der Waals surface area contributed by atoms with Crippen molar-refractivity contribution in [2.75, 3.05) is 0 Å². The van der Waals surface area contributed by atoms with Crippen LogP contribution in [0.15, 0.2) is 36.4 Å². The van der Waals surface area contributed by atoms with Crippen molar-refractivity contribution in [3.8, 4) is 5.75 Å². The zero-order valence-electron chi connectivity index (χ0n) is 12.4. The van der Waals surface area contributed by atoms with E-state index in [4.69, 9.17) is 0 Å². The number of nitro groups is 3. The highest BCUT2D eigenvalue weighted by Gasteiger charge is 2.24. The molecule has 0 aromatic heterocycles. The number of hydrogen-bond donors (Lipinski definition) is 1. The van der Waals surface area contributed by atoms with E-state index in [-0.39, 0.29) is 0 Å². The Bertz CT molecular complexity index is 751. The van der Waals surface area contributed by atoms with Gasteiger partial charge < -0.3 is 10.8 Å². The number of hydrogen-bond acceptors (Lipinski definition) is 7. The van der Waals surface area contributed by atoms with Crippen LogP contribution in [0.2, 0.25) is 0 Å². The summed E-state index contributed by atoms with van der Waals surface area (Å²) < 4.78 is 0. The Balaban J connectivity index is 0.000000300. The lowest BCUT2D eigenvalue weighted by Gasteiger charge is -2.06. The maximum atomic E-state index is 11.1. The van der Waals surface area contributed by atoms with Gasteiger partial charge in [-0.3, -0.25) is 30.3 Å². The third kappa shape index (κ3) is 4.45. The molecule has 0 fully saturated rings. The molecule has 0 saturated carbocycles. The molecule has 0 spiro atoms. The topological polar surface area (TPSA) is 180 Å². The van der Waals surface area contributed by atoms with Crippen molar-refractivity contribution in [1.29, 1.82) is 0 Å². The molecule has 2 aromatic rings. The van der Waals surface area contributed by atoms with Gasteiger partial charge in [0.1, 0.15) is 5.69 Å². The first-order valence-corrected chi connectivity index (χ1v) is 6.31. The largest absolute Gasteiger partial charge is 0.863 e. The number of rotatable bonds is 3. The predicted octanol–water partition coefficient (Wildman–Crippen LogP) is 1.35. The summed E-state index contributed by atoms with van der Waals surface area (Å²) in [6, 6.07) is 8.85. The molecule has 126 valence electrons. The van der Waals surface area contributed by atoms with Crippen molar-refractivity contribution in [3.05, 3.63) is 72.3 Å². The predicted molar refractivity (Wildman–Crippen MR) is 79.6 cm³/mol. The Hall–Kier alpha value is -3.60. The molecule has 0 aliphatic rings. The molecule has 11 nitrogen and oxygen atoms in total. The molecule has 0 saturated heterocycles. The smallest absolute Gasteiger partial charge is 0.283 e. The fraction of sp³-hybridized carbons (Fsp3) is 0.0769. The highest BCUT2D eigenvalue weighted by molar-refractivity contribution is 5.64. The fourth-order valence-corrected chi connectivity index (χ4v) is 1.57. The lowest BCUT2D eigenvalue weighted by molar-refractivity contribution is -0.420. The second kappa shape index (κ2) is 7.60. The standard InChI is InChI=1S/C7H9N.C6H3N3O7/c1-6-4-2-3-5-7(6)8;10-6-4(8(13)14)1-3(7(11)12)2-5(6)9(15)16/h2-5H,8H2,1H3;1-2,10H. The van der Waals surface area contributed by atoms with Crippen LogP contribution in [0, 0.1) is 37.3 Å². The summed E-state index contributed by atoms with van der Waals surface area (Å²) >= 11 is 0. The Morgan fingerprint density at radius 1 is 0.875 bits per heavy atom. The minimum Gasteiger partial charge on any atom is -0.863 e. The molecule has 0 radical (unpaired) electrons. The van der Waals surface area contributed by atoms with Crippen LogP contribution in [0.1, 0.15) is 5.56 Å². The first-order valence-electron chi connectivity index (χ1n) is 6.31. The zero-order chi connectivity index (χ0) is 18.4. The van der Waals surface area contributed by atoms with E-state index in [1.54, 1.807) is 0 Å². The maximum absolute atomic E-state index is 11.1. The van der Waals surface area contributed by atoms with Crippen LogP contribution in [0.5, 0.6) is 5.75 Å². The molecular weight excluding hydrogens is 324 g/mol. The van der Waals surface area contributed by atoms with E-state index in [0.717, 1.165) is 5.69 Å².